The van der Waals surface area contributed by atoms with Crippen molar-refractivity contribution in [3.05, 3.63) is 59.7 Å². The van der Waals surface area contributed by atoms with Gasteiger partial charge in [-0.15, -0.1) is 10.2 Å². The molecule has 3 aromatic rings. The van der Waals surface area contributed by atoms with Crippen LogP contribution in [0.25, 0.3) is 11.4 Å². The number of benzene rings is 2. The van der Waals surface area contributed by atoms with Crippen molar-refractivity contribution in [2.45, 2.75) is 26.1 Å². The molecule has 0 spiro atoms. The molecule has 27 heavy (non-hydrogen) atoms. The van der Waals surface area contributed by atoms with Crippen molar-refractivity contribution >= 4 is 11.6 Å². The molecule has 0 aliphatic rings. The lowest BCUT2D eigenvalue weighted by Gasteiger charge is -2.08. The summed E-state index contributed by atoms with van der Waals surface area (Å²) in [5.74, 6) is -0.0833. The molecule has 0 aliphatic heterocycles. The van der Waals surface area contributed by atoms with E-state index >= 15 is 0 Å². The van der Waals surface area contributed by atoms with E-state index in [1.165, 1.54) is 17.7 Å². The highest BCUT2D eigenvalue weighted by Crippen LogP contribution is 2.29. The summed E-state index contributed by atoms with van der Waals surface area (Å²) in [5.41, 5.74) is 1.43. The zero-order valence-electron chi connectivity index (χ0n) is 14.4. The maximum Gasteiger partial charge on any atom is 0.416 e. The number of nitrogens with one attached hydrogen (secondary N) is 1. The van der Waals surface area contributed by atoms with Gasteiger partial charge >= 0.3 is 6.18 Å². The molecule has 1 N–H and O–H groups in total. The standard InChI is InChI=1S/C18H16F3N5O/c1-2-12-3-5-13(6-4-12)17-23-25-26(24-17)11-16(27)22-15-9-7-14(8-10-15)18(19,20)21/h3-10H,2,11H2,1H3,(H,22,27). The molecule has 1 aromatic heterocycles. The second kappa shape index (κ2) is 7.56. The average molecular weight is 375 g/mol. The van der Waals surface area contributed by atoms with Crippen molar-refractivity contribution in [2.24, 2.45) is 0 Å². The molecule has 1 amide bonds. The van der Waals surface area contributed by atoms with E-state index < -0.39 is 17.6 Å². The zero-order valence-corrected chi connectivity index (χ0v) is 14.4. The normalized spacial score (nSPS) is 11.4. The first-order valence-electron chi connectivity index (χ1n) is 8.19. The Morgan fingerprint density at radius 2 is 1.74 bits per heavy atom. The van der Waals surface area contributed by atoms with Gasteiger partial charge in [0.15, 0.2) is 0 Å². The third-order valence-electron chi connectivity index (χ3n) is 3.85. The maximum atomic E-state index is 12.5. The molecule has 0 fully saturated rings. The van der Waals surface area contributed by atoms with Gasteiger partial charge in [-0.25, -0.2) is 0 Å². The third-order valence-corrected chi connectivity index (χ3v) is 3.85. The lowest BCUT2D eigenvalue weighted by molar-refractivity contribution is -0.137. The Balaban J connectivity index is 1.62. The molecule has 2 aromatic carbocycles. The van der Waals surface area contributed by atoms with Crippen molar-refractivity contribution in [1.29, 1.82) is 0 Å². The smallest absolute Gasteiger partial charge is 0.324 e. The molecule has 0 atom stereocenters. The lowest BCUT2D eigenvalue weighted by Crippen LogP contribution is -2.20. The molecule has 6 nitrogen and oxygen atoms in total. The van der Waals surface area contributed by atoms with E-state index in [1.54, 1.807) is 0 Å². The minimum atomic E-state index is -4.42. The average Bonchev–Trinajstić information content (AvgIpc) is 3.09. The van der Waals surface area contributed by atoms with E-state index in [-0.39, 0.29) is 12.2 Å². The van der Waals surface area contributed by atoms with Gasteiger partial charge in [-0.3, -0.25) is 4.79 Å². The number of hydrogen-bond donors (Lipinski definition) is 1. The van der Waals surface area contributed by atoms with Gasteiger partial charge in [0.2, 0.25) is 11.7 Å². The molecular weight excluding hydrogens is 359 g/mol. The number of aryl methyl sites for hydroxylation is 1. The second-order valence-electron chi connectivity index (χ2n) is 5.82. The Morgan fingerprint density at radius 3 is 2.33 bits per heavy atom. The summed E-state index contributed by atoms with van der Waals surface area (Å²) in [6, 6.07) is 11.9. The Hall–Kier alpha value is -3.23. The van der Waals surface area contributed by atoms with Crippen molar-refractivity contribution in [1.82, 2.24) is 20.2 Å². The van der Waals surface area contributed by atoms with E-state index in [0.717, 1.165) is 28.9 Å². The van der Waals surface area contributed by atoms with Crippen LogP contribution >= 0.6 is 0 Å². The highest BCUT2D eigenvalue weighted by atomic mass is 19.4. The number of nitrogens with zero attached hydrogens (tertiary/aromatic N) is 4. The number of carbonyl (C=O) groups excluding carboxylic acids is 1. The minimum Gasteiger partial charge on any atom is -0.324 e. The fraction of sp³-hybridized carbons (Fsp3) is 0.222. The summed E-state index contributed by atoms with van der Waals surface area (Å²) in [4.78, 5) is 13.2. The van der Waals surface area contributed by atoms with Gasteiger partial charge in [-0.1, -0.05) is 31.2 Å². The Bertz CT molecular complexity index is 917. The van der Waals surface area contributed by atoms with Crippen molar-refractivity contribution in [3.63, 3.8) is 0 Å². The Kier molecular flexibility index (Phi) is 5.20. The first-order valence-corrected chi connectivity index (χ1v) is 8.19. The van der Waals surface area contributed by atoms with Gasteiger partial charge < -0.3 is 5.32 Å². The number of tetrazole rings is 1. The van der Waals surface area contributed by atoms with Crippen LogP contribution in [0.1, 0.15) is 18.1 Å². The van der Waals surface area contributed by atoms with Crippen LogP contribution in [-0.4, -0.2) is 26.1 Å². The Labute approximate surface area is 153 Å². The number of amides is 1. The van der Waals surface area contributed by atoms with Crippen molar-refractivity contribution < 1.29 is 18.0 Å². The highest BCUT2D eigenvalue weighted by molar-refractivity contribution is 5.90. The van der Waals surface area contributed by atoms with Crippen molar-refractivity contribution in [2.75, 3.05) is 5.32 Å². The number of carbonyl (C=O) groups is 1. The minimum absolute atomic E-state index is 0.207. The van der Waals surface area contributed by atoms with E-state index in [2.05, 4.69) is 27.7 Å². The first-order chi connectivity index (χ1) is 12.8. The molecule has 3 rings (SSSR count). The predicted octanol–water partition coefficient (Wildman–Crippen LogP) is 3.56. The molecule has 0 bridgehead atoms. The van der Waals surface area contributed by atoms with Gasteiger partial charge in [-0.2, -0.15) is 18.0 Å². The quantitative estimate of drug-likeness (QED) is 0.740. The fourth-order valence-electron chi connectivity index (χ4n) is 2.39. The van der Waals surface area contributed by atoms with E-state index in [9.17, 15) is 18.0 Å². The molecule has 140 valence electrons. The van der Waals surface area contributed by atoms with Crippen LogP contribution < -0.4 is 5.32 Å². The molecule has 0 saturated carbocycles. The van der Waals surface area contributed by atoms with Crippen LogP contribution in [0.5, 0.6) is 0 Å². The van der Waals surface area contributed by atoms with E-state index in [0.29, 0.717) is 5.82 Å². The van der Waals surface area contributed by atoms with Crippen LogP contribution in [0.2, 0.25) is 0 Å². The summed E-state index contributed by atoms with van der Waals surface area (Å²) < 4.78 is 37.6. The van der Waals surface area contributed by atoms with Gasteiger partial charge in [-0.05, 0) is 41.5 Å². The first kappa shape index (κ1) is 18.6. The largest absolute Gasteiger partial charge is 0.416 e. The zero-order chi connectivity index (χ0) is 19.4. The van der Waals surface area contributed by atoms with Gasteiger partial charge in [0.25, 0.3) is 0 Å². The summed E-state index contributed by atoms with van der Waals surface area (Å²) >= 11 is 0. The van der Waals surface area contributed by atoms with Crippen LogP contribution in [0, 0.1) is 0 Å². The third kappa shape index (κ3) is 4.69. The van der Waals surface area contributed by atoms with Gasteiger partial charge in [0.05, 0.1) is 5.56 Å². The number of rotatable bonds is 5. The SMILES string of the molecule is CCc1ccc(-c2nnn(CC(=O)Nc3ccc(C(F)(F)F)cc3)n2)cc1. The van der Waals surface area contributed by atoms with Crippen LogP contribution in [0.15, 0.2) is 48.5 Å². The van der Waals surface area contributed by atoms with Crippen molar-refractivity contribution in [3.8, 4) is 11.4 Å². The number of aromatic nitrogens is 4. The molecular formula is C18H16F3N5O. The van der Waals surface area contributed by atoms with Crippen LogP contribution in [0.4, 0.5) is 18.9 Å². The molecule has 0 radical (unpaired) electrons. The van der Waals surface area contributed by atoms with Gasteiger partial charge in [0, 0.05) is 11.3 Å². The monoisotopic (exact) mass is 375 g/mol. The molecule has 9 heteroatoms. The molecule has 0 saturated heterocycles. The molecule has 0 unspecified atom stereocenters. The number of hydrogen-bond acceptors (Lipinski definition) is 4. The predicted molar refractivity (Wildman–Crippen MR) is 92.7 cm³/mol. The summed E-state index contributed by atoms with van der Waals surface area (Å²) in [6.45, 7) is 1.85. The second-order valence-corrected chi connectivity index (χ2v) is 5.82. The molecule has 0 aliphatic carbocycles. The summed E-state index contributed by atoms with van der Waals surface area (Å²) in [5, 5.41) is 14.4. The summed E-state index contributed by atoms with van der Waals surface area (Å²) in [7, 11) is 0. The summed E-state index contributed by atoms with van der Waals surface area (Å²) in [6.07, 6.45) is -3.50. The Morgan fingerprint density at radius 1 is 1.07 bits per heavy atom. The lowest BCUT2D eigenvalue weighted by atomic mass is 10.1. The fourth-order valence-corrected chi connectivity index (χ4v) is 2.39. The number of halogens is 3. The van der Waals surface area contributed by atoms with E-state index in [4.69, 9.17) is 0 Å². The molecule has 1 heterocycles. The van der Waals surface area contributed by atoms with Crippen LogP contribution in [-0.2, 0) is 23.9 Å². The van der Waals surface area contributed by atoms with Gasteiger partial charge in [0.1, 0.15) is 6.54 Å². The van der Waals surface area contributed by atoms with Crippen LogP contribution in [0.3, 0.4) is 0 Å². The highest BCUT2D eigenvalue weighted by Gasteiger charge is 2.30. The topological polar surface area (TPSA) is 72.7 Å². The number of anilines is 1. The number of alkyl halides is 3. The van der Waals surface area contributed by atoms with E-state index in [1.807, 2.05) is 24.3 Å². The maximum absolute atomic E-state index is 12.5.